The van der Waals surface area contributed by atoms with Crippen LogP contribution in [0.1, 0.15) is 29.6 Å². The van der Waals surface area contributed by atoms with Gasteiger partial charge >= 0.3 is 6.09 Å². The fourth-order valence-electron chi connectivity index (χ4n) is 5.25. The lowest BCUT2D eigenvalue weighted by Gasteiger charge is -2.34. The first-order valence-corrected chi connectivity index (χ1v) is 12.3. The van der Waals surface area contributed by atoms with Crippen LogP contribution in [0, 0.1) is 5.92 Å². The summed E-state index contributed by atoms with van der Waals surface area (Å²) in [6.45, 7) is 1.42. The quantitative estimate of drug-likeness (QED) is 0.397. The Balaban J connectivity index is 1.31. The molecule has 0 unspecified atom stereocenters. The zero-order valence-electron chi connectivity index (χ0n) is 20.1. The number of carboxylic acid groups (broad SMARTS) is 1. The van der Waals surface area contributed by atoms with Gasteiger partial charge in [-0.15, -0.1) is 0 Å². The van der Waals surface area contributed by atoms with E-state index in [-0.39, 0.29) is 31.1 Å². The van der Waals surface area contributed by atoms with Crippen molar-refractivity contribution in [3.63, 3.8) is 0 Å². The second-order valence-corrected chi connectivity index (χ2v) is 10.1. The predicted molar refractivity (Wildman–Crippen MR) is 136 cm³/mol. The summed E-state index contributed by atoms with van der Waals surface area (Å²) in [7, 11) is 1.99. The highest BCUT2D eigenvalue weighted by atomic mass is 16.4. The molecule has 10 nitrogen and oxygen atoms in total. The second kappa shape index (κ2) is 8.63. The van der Waals surface area contributed by atoms with E-state index in [0.717, 1.165) is 40.1 Å². The van der Waals surface area contributed by atoms with E-state index >= 15 is 0 Å². The van der Waals surface area contributed by atoms with Gasteiger partial charge in [0.05, 0.1) is 16.7 Å². The van der Waals surface area contributed by atoms with Crippen molar-refractivity contribution >= 4 is 34.1 Å². The minimum atomic E-state index is -1.03. The monoisotopic (exact) mass is 487 g/mol. The van der Waals surface area contributed by atoms with Gasteiger partial charge < -0.3 is 30.2 Å². The number of carbonyl (C=O) groups excluding carboxylic acids is 1. The van der Waals surface area contributed by atoms with Crippen LogP contribution >= 0.6 is 0 Å². The van der Waals surface area contributed by atoms with Gasteiger partial charge in [-0.25, -0.2) is 14.8 Å². The molecular formula is C26H29N7O3. The molecule has 186 valence electrons. The Labute approximate surface area is 207 Å². The van der Waals surface area contributed by atoms with Crippen molar-refractivity contribution in [3.8, 4) is 11.5 Å². The Hall–Kier alpha value is -3.92. The van der Waals surface area contributed by atoms with E-state index in [1.54, 1.807) is 12.1 Å². The molecule has 2 atom stereocenters. The fourth-order valence-corrected chi connectivity index (χ4v) is 5.25. The lowest BCUT2D eigenvalue weighted by Crippen LogP contribution is -2.56. The third-order valence-corrected chi connectivity index (χ3v) is 7.25. The molecule has 3 aromatic heterocycles. The van der Waals surface area contributed by atoms with Crippen LogP contribution in [0.4, 0.5) is 4.79 Å². The summed E-state index contributed by atoms with van der Waals surface area (Å²) in [5.41, 5.74) is 10.1. The smallest absolute Gasteiger partial charge is 0.407 e. The summed E-state index contributed by atoms with van der Waals surface area (Å²) in [5, 5.41) is 13.4. The number of nitrogens with two attached hydrogens (primary N) is 1. The topological polar surface area (TPSA) is 131 Å². The van der Waals surface area contributed by atoms with Crippen LogP contribution in [-0.2, 0) is 13.6 Å². The molecule has 2 aliphatic rings. The Bertz CT molecular complexity index is 1490. The number of likely N-dealkylation sites (tertiary alicyclic amines) is 1. The van der Waals surface area contributed by atoms with Gasteiger partial charge in [0, 0.05) is 55.9 Å². The highest BCUT2D eigenvalue weighted by molar-refractivity contribution is 5.98. The zero-order valence-corrected chi connectivity index (χ0v) is 20.1. The summed E-state index contributed by atoms with van der Waals surface area (Å²) < 4.78 is 4.32. The van der Waals surface area contributed by atoms with Gasteiger partial charge in [-0.2, -0.15) is 0 Å². The highest BCUT2D eigenvalue weighted by Crippen LogP contribution is 2.35. The van der Waals surface area contributed by atoms with E-state index in [2.05, 4.69) is 31.6 Å². The molecule has 2 amide bonds. The van der Waals surface area contributed by atoms with Gasteiger partial charge in [0.25, 0.3) is 5.91 Å². The van der Waals surface area contributed by atoms with Crippen molar-refractivity contribution in [1.82, 2.24) is 29.3 Å². The van der Waals surface area contributed by atoms with Gasteiger partial charge in [-0.3, -0.25) is 4.79 Å². The van der Waals surface area contributed by atoms with Crippen molar-refractivity contribution in [2.45, 2.75) is 37.9 Å². The number of nitrogens with one attached hydrogen (secondary N) is 1. The van der Waals surface area contributed by atoms with E-state index < -0.39 is 6.09 Å². The van der Waals surface area contributed by atoms with E-state index in [0.29, 0.717) is 17.9 Å². The van der Waals surface area contributed by atoms with Gasteiger partial charge in [0.15, 0.2) is 5.82 Å². The van der Waals surface area contributed by atoms with Crippen LogP contribution in [0.15, 0.2) is 42.6 Å². The number of amides is 2. The molecule has 4 heterocycles. The van der Waals surface area contributed by atoms with E-state index in [1.165, 1.54) is 17.7 Å². The molecule has 0 radical (unpaired) electrons. The number of rotatable bonds is 5. The summed E-state index contributed by atoms with van der Waals surface area (Å²) in [4.78, 5) is 35.2. The first kappa shape index (κ1) is 22.5. The molecule has 1 aromatic carbocycles. The average molecular weight is 488 g/mol. The van der Waals surface area contributed by atoms with Crippen LogP contribution in [0.3, 0.4) is 0 Å². The number of nitrogens with zero attached hydrogens (tertiary/aromatic N) is 5. The van der Waals surface area contributed by atoms with Crippen molar-refractivity contribution in [2.75, 3.05) is 13.1 Å². The maximum Gasteiger partial charge on any atom is 0.407 e. The predicted octanol–water partition coefficient (Wildman–Crippen LogP) is 2.81. The molecule has 4 aromatic rings. The molecular weight excluding hydrogens is 458 g/mol. The van der Waals surface area contributed by atoms with E-state index in [4.69, 9.17) is 10.7 Å². The van der Waals surface area contributed by atoms with E-state index in [1.807, 2.05) is 25.4 Å². The van der Waals surface area contributed by atoms with Crippen molar-refractivity contribution in [2.24, 2.45) is 18.7 Å². The SMILES string of the molecule is Cn1c(-c2cc3cccnc3n2CC2CC2)nc2cc(C(=O)N[C@H]3C[C@@H](N)CN(C(=O)O)C3)ccc21. The number of aryl methyl sites for hydroxylation is 1. The molecule has 6 rings (SSSR count). The highest BCUT2D eigenvalue weighted by Gasteiger charge is 2.29. The number of imidazole rings is 1. The van der Waals surface area contributed by atoms with Crippen molar-refractivity contribution in [3.05, 3.63) is 48.2 Å². The molecule has 1 aliphatic heterocycles. The standard InChI is InChI=1S/C26H29N7O3/c1-31-21-7-6-17(25(34)29-19-11-18(27)13-32(14-19)26(35)36)9-20(21)30-24(31)22-10-16-3-2-8-28-23(16)33(22)12-15-4-5-15/h2-3,6-10,15,18-19H,4-5,11-14,27H2,1H3,(H,29,34)(H,35,36)/t18-,19+/m1/s1. The third kappa shape index (κ3) is 4.07. The Morgan fingerprint density at radius 1 is 1.19 bits per heavy atom. The lowest BCUT2D eigenvalue weighted by atomic mass is 10.0. The van der Waals surface area contributed by atoms with Crippen LogP contribution in [0.5, 0.6) is 0 Å². The third-order valence-electron chi connectivity index (χ3n) is 7.25. The number of pyridine rings is 1. The fraction of sp³-hybridized carbons (Fsp3) is 0.385. The van der Waals surface area contributed by atoms with Gasteiger partial charge in [0.1, 0.15) is 5.65 Å². The first-order valence-electron chi connectivity index (χ1n) is 12.3. The normalized spacial score (nSPS) is 20.2. The number of carbonyl (C=O) groups is 2. The second-order valence-electron chi connectivity index (χ2n) is 10.1. The van der Waals surface area contributed by atoms with Crippen LogP contribution in [0.2, 0.25) is 0 Å². The number of hydrogen-bond acceptors (Lipinski definition) is 5. The summed E-state index contributed by atoms with van der Waals surface area (Å²) in [5.74, 6) is 1.24. The van der Waals surface area contributed by atoms with Crippen molar-refractivity contribution < 1.29 is 14.7 Å². The van der Waals surface area contributed by atoms with Crippen LogP contribution < -0.4 is 11.1 Å². The zero-order chi connectivity index (χ0) is 25.0. The Kier molecular flexibility index (Phi) is 5.40. The molecule has 0 bridgehead atoms. The van der Waals surface area contributed by atoms with Crippen LogP contribution in [0.25, 0.3) is 33.6 Å². The Morgan fingerprint density at radius 3 is 2.81 bits per heavy atom. The number of benzene rings is 1. The van der Waals surface area contributed by atoms with Crippen molar-refractivity contribution in [1.29, 1.82) is 0 Å². The molecule has 2 fully saturated rings. The molecule has 1 saturated carbocycles. The maximum absolute atomic E-state index is 13.0. The minimum Gasteiger partial charge on any atom is -0.465 e. The molecule has 10 heteroatoms. The summed E-state index contributed by atoms with van der Waals surface area (Å²) in [6.07, 6.45) is 3.81. The summed E-state index contributed by atoms with van der Waals surface area (Å²) in [6, 6.07) is 11.0. The molecule has 0 spiro atoms. The molecule has 36 heavy (non-hydrogen) atoms. The number of hydrogen-bond donors (Lipinski definition) is 3. The molecule has 4 N–H and O–H groups in total. The summed E-state index contributed by atoms with van der Waals surface area (Å²) >= 11 is 0. The average Bonchev–Trinajstić information content (AvgIpc) is 3.53. The van der Waals surface area contributed by atoms with Gasteiger partial charge in [-0.1, -0.05) is 0 Å². The van der Waals surface area contributed by atoms with Gasteiger partial charge in [0.2, 0.25) is 0 Å². The first-order chi connectivity index (χ1) is 17.4. The van der Waals surface area contributed by atoms with Gasteiger partial charge in [-0.05, 0) is 61.6 Å². The number of piperidine rings is 1. The molecule has 1 saturated heterocycles. The Morgan fingerprint density at radius 2 is 2.03 bits per heavy atom. The minimum absolute atomic E-state index is 0.227. The maximum atomic E-state index is 13.0. The number of fused-ring (bicyclic) bond motifs is 2. The molecule has 1 aliphatic carbocycles. The lowest BCUT2D eigenvalue weighted by molar-refractivity contribution is 0.0876. The number of aromatic nitrogens is 4. The van der Waals surface area contributed by atoms with Crippen LogP contribution in [-0.4, -0.2) is 66.3 Å². The largest absolute Gasteiger partial charge is 0.465 e. The van der Waals surface area contributed by atoms with E-state index in [9.17, 15) is 14.7 Å².